The topological polar surface area (TPSA) is 93.3 Å². The van der Waals surface area contributed by atoms with Crippen molar-refractivity contribution in [3.63, 3.8) is 0 Å². The Balaban J connectivity index is 2.04. The number of fused-ring (bicyclic) bond motifs is 1. The molecule has 2 aromatic rings. The summed E-state index contributed by atoms with van der Waals surface area (Å²) in [5.41, 5.74) is 1.67. The molecule has 0 aromatic carbocycles. The zero-order valence-corrected chi connectivity index (χ0v) is 10.1. The number of aryl methyl sites for hydroxylation is 1. The largest absolute Gasteiger partial charge is 0.394 e. The lowest BCUT2D eigenvalue weighted by atomic mass is 10.1. The van der Waals surface area contributed by atoms with Crippen LogP contribution in [0.25, 0.3) is 11.2 Å². The van der Waals surface area contributed by atoms with Gasteiger partial charge in [0.2, 0.25) is 0 Å². The van der Waals surface area contributed by atoms with Crippen molar-refractivity contribution in [2.45, 2.75) is 31.5 Å². The average molecular weight is 268 g/mol. The van der Waals surface area contributed by atoms with Crippen LogP contribution in [-0.4, -0.2) is 54.7 Å². The fourth-order valence-electron chi connectivity index (χ4n) is 2.23. The Morgan fingerprint density at radius 2 is 2.21 bits per heavy atom. The van der Waals surface area contributed by atoms with E-state index in [4.69, 9.17) is 9.84 Å². The van der Waals surface area contributed by atoms with E-state index in [1.165, 1.54) is 17.2 Å². The number of ether oxygens (including phenoxy) is 1. The molecular weight excluding hydrogens is 255 g/mol. The number of halogens is 1. The molecule has 4 atom stereocenters. The van der Waals surface area contributed by atoms with Crippen molar-refractivity contribution >= 4 is 11.2 Å². The maximum absolute atomic E-state index is 14.0. The summed E-state index contributed by atoms with van der Waals surface area (Å²) in [6.45, 7) is 1.33. The SMILES string of the molecule is Cc1ncnc2c1ncn2[C@@H]1O[C@H](CO)[C@H](O)C1F. The van der Waals surface area contributed by atoms with Gasteiger partial charge in [0.1, 0.15) is 24.1 Å². The van der Waals surface area contributed by atoms with Crippen LogP contribution in [0.3, 0.4) is 0 Å². The first kappa shape index (κ1) is 12.4. The number of rotatable bonds is 2. The second kappa shape index (κ2) is 4.48. The number of hydrogen-bond acceptors (Lipinski definition) is 6. The van der Waals surface area contributed by atoms with E-state index in [1.807, 2.05) is 0 Å². The van der Waals surface area contributed by atoms with E-state index in [1.54, 1.807) is 6.92 Å². The predicted molar refractivity (Wildman–Crippen MR) is 62.0 cm³/mol. The molecule has 3 rings (SSSR count). The average Bonchev–Trinajstić information content (AvgIpc) is 2.94. The summed E-state index contributed by atoms with van der Waals surface area (Å²) in [5, 5.41) is 18.7. The van der Waals surface area contributed by atoms with Crippen LogP contribution in [0.5, 0.6) is 0 Å². The second-order valence-electron chi connectivity index (χ2n) is 4.47. The zero-order valence-electron chi connectivity index (χ0n) is 10.1. The number of nitrogens with zero attached hydrogens (tertiary/aromatic N) is 4. The molecule has 8 heteroatoms. The summed E-state index contributed by atoms with van der Waals surface area (Å²) < 4.78 is 20.8. The van der Waals surface area contributed by atoms with Gasteiger partial charge in [0.05, 0.1) is 18.6 Å². The minimum Gasteiger partial charge on any atom is -0.394 e. The normalized spacial score (nSPS) is 31.2. The minimum atomic E-state index is -1.65. The summed E-state index contributed by atoms with van der Waals surface area (Å²) in [4.78, 5) is 12.2. The molecule has 0 aliphatic carbocycles. The molecular formula is C11H13FN4O3. The lowest BCUT2D eigenvalue weighted by molar-refractivity contribution is -0.0459. The Hall–Kier alpha value is -1.64. The van der Waals surface area contributed by atoms with Gasteiger partial charge >= 0.3 is 0 Å². The number of aromatic nitrogens is 4. The molecule has 0 spiro atoms. The highest BCUT2D eigenvalue weighted by molar-refractivity contribution is 5.72. The Bertz CT molecular complexity index is 605. The highest BCUT2D eigenvalue weighted by Crippen LogP contribution is 2.33. The van der Waals surface area contributed by atoms with E-state index in [0.29, 0.717) is 16.9 Å². The third-order valence-corrected chi connectivity index (χ3v) is 3.29. The van der Waals surface area contributed by atoms with Crippen LogP contribution in [0.1, 0.15) is 11.9 Å². The van der Waals surface area contributed by atoms with Gasteiger partial charge < -0.3 is 14.9 Å². The summed E-state index contributed by atoms with van der Waals surface area (Å²) >= 11 is 0. The molecule has 0 radical (unpaired) electrons. The summed E-state index contributed by atoms with van der Waals surface area (Å²) in [5.74, 6) is 0. The molecule has 1 fully saturated rings. The van der Waals surface area contributed by atoms with E-state index < -0.39 is 31.2 Å². The molecule has 1 unspecified atom stereocenters. The van der Waals surface area contributed by atoms with Crippen LogP contribution in [0.2, 0.25) is 0 Å². The molecule has 1 saturated heterocycles. The highest BCUT2D eigenvalue weighted by Gasteiger charge is 2.45. The molecule has 1 aliphatic rings. The van der Waals surface area contributed by atoms with Gasteiger partial charge in [-0.15, -0.1) is 0 Å². The molecule has 1 aliphatic heterocycles. The van der Waals surface area contributed by atoms with Crippen molar-refractivity contribution in [1.29, 1.82) is 0 Å². The summed E-state index contributed by atoms with van der Waals surface area (Å²) in [6.07, 6.45) is -2.25. The Labute approximate surface area is 107 Å². The number of imidazole rings is 1. The van der Waals surface area contributed by atoms with Crippen molar-refractivity contribution in [3.8, 4) is 0 Å². The summed E-state index contributed by atoms with van der Waals surface area (Å²) in [7, 11) is 0. The molecule has 19 heavy (non-hydrogen) atoms. The van der Waals surface area contributed by atoms with E-state index >= 15 is 0 Å². The second-order valence-corrected chi connectivity index (χ2v) is 4.47. The predicted octanol–water partition coefficient (Wildman–Crippen LogP) is -0.277. The van der Waals surface area contributed by atoms with E-state index in [-0.39, 0.29) is 0 Å². The maximum atomic E-state index is 14.0. The van der Waals surface area contributed by atoms with E-state index in [9.17, 15) is 9.50 Å². The van der Waals surface area contributed by atoms with Crippen LogP contribution < -0.4 is 0 Å². The molecule has 102 valence electrons. The number of alkyl halides is 1. The molecule has 0 saturated carbocycles. The maximum Gasteiger partial charge on any atom is 0.173 e. The minimum absolute atomic E-state index is 0.436. The highest BCUT2D eigenvalue weighted by atomic mass is 19.1. The van der Waals surface area contributed by atoms with Gasteiger partial charge in [0.15, 0.2) is 18.0 Å². The van der Waals surface area contributed by atoms with Gasteiger partial charge in [0.25, 0.3) is 0 Å². The van der Waals surface area contributed by atoms with E-state index in [2.05, 4.69) is 15.0 Å². The van der Waals surface area contributed by atoms with Crippen molar-refractivity contribution in [2.24, 2.45) is 0 Å². The van der Waals surface area contributed by atoms with Gasteiger partial charge in [-0.1, -0.05) is 0 Å². The molecule has 3 heterocycles. The third-order valence-electron chi connectivity index (χ3n) is 3.29. The molecule has 0 bridgehead atoms. The van der Waals surface area contributed by atoms with Crippen molar-refractivity contribution in [1.82, 2.24) is 19.5 Å². The smallest absolute Gasteiger partial charge is 0.173 e. The first-order valence-electron chi connectivity index (χ1n) is 5.86. The Morgan fingerprint density at radius 3 is 2.89 bits per heavy atom. The Morgan fingerprint density at radius 1 is 1.42 bits per heavy atom. The molecule has 7 nitrogen and oxygen atoms in total. The lowest BCUT2D eigenvalue weighted by Gasteiger charge is -2.14. The van der Waals surface area contributed by atoms with Crippen molar-refractivity contribution in [2.75, 3.05) is 6.61 Å². The number of aliphatic hydroxyl groups is 2. The van der Waals surface area contributed by atoms with Gasteiger partial charge in [-0.2, -0.15) is 0 Å². The van der Waals surface area contributed by atoms with Gasteiger partial charge in [-0.3, -0.25) is 4.57 Å². The van der Waals surface area contributed by atoms with Crippen LogP contribution in [0, 0.1) is 6.92 Å². The molecule has 2 aromatic heterocycles. The number of hydrogen-bond donors (Lipinski definition) is 2. The van der Waals surface area contributed by atoms with Gasteiger partial charge in [-0.25, -0.2) is 19.3 Å². The third kappa shape index (κ3) is 1.79. The first-order chi connectivity index (χ1) is 9.13. The van der Waals surface area contributed by atoms with Gasteiger partial charge in [0, 0.05) is 0 Å². The van der Waals surface area contributed by atoms with Gasteiger partial charge in [-0.05, 0) is 6.92 Å². The quantitative estimate of drug-likeness (QED) is 0.778. The number of aliphatic hydroxyl groups excluding tert-OH is 2. The van der Waals surface area contributed by atoms with Crippen molar-refractivity contribution in [3.05, 3.63) is 18.3 Å². The monoisotopic (exact) mass is 268 g/mol. The van der Waals surface area contributed by atoms with E-state index in [0.717, 1.165) is 0 Å². The first-order valence-corrected chi connectivity index (χ1v) is 5.86. The standard InChI is InChI=1S/C11H13FN4O3/c1-5-8-10(14-3-13-5)16(4-15-8)11-7(12)9(18)6(2-17)19-11/h3-4,6-7,9,11,17-18H,2H2,1H3/t6-,7?,9+,11-/m1/s1. The zero-order chi connectivity index (χ0) is 13.6. The lowest BCUT2D eigenvalue weighted by Crippen LogP contribution is -2.30. The van der Waals surface area contributed by atoms with Crippen LogP contribution in [0.15, 0.2) is 12.7 Å². The molecule has 2 N–H and O–H groups in total. The fraction of sp³-hybridized carbons (Fsp3) is 0.545. The van der Waals surface area contributed by atoms with Crippen molar-refractivity contribution < 1.29 is 19.3 Å². The van der Waals surface area contributed by atoms with Crippen LogP contribution in [-0.2, 0) is 4.74 Å². The van der Waals surface area contributed by atoms with Crippen LogP contribution >= 0.6 is 0 Å². The fourth-order valence-corrected chi connectivity index (χ4v) is 2.23. The summed E-state index contributed by atoms with van der Waals surface area (Å²) in [6, 6.07) is 0. The molecule has 0 amide bonds. The Kier molecular flexibility index (Phi) is 2.92. The van der Waals surface area contributed by atoms with Crippen LogP contribution in [0.4, 0.5) is 4.39 Å².